The summed E-state index contributed by atoms with van der Waals surface area (Å²) in [5, 5.41) is 23.0. The lowest BCUT2D eigenvalue weighted by atomic mass is 10.00. The number of rotatable bonds is 3. The number of hydrogen-bond donors (Lipinski definition) is 3. The van der Waals surface area contributed by atoms with E-state index in [1.165, 1.54) is 12.3 Å². The molecule has 3 N–H and O–H groups in total. The van der Waals surface area contributed by atoms with Crippen molar-refractivity contribution < 1.29 is 60.4 Å². The Labute approximate surface area is 195 Å². The number of carboxylic acid groups (broad SMARTS) is 3. The Balaban J connectivity index is 0.000000383. The van der Waals surface area contributed by atoms with E-state index in [0.29, 0.717) is 27.7 Å². The number of aromatic nitrogens is 3. The van der Waals surface area contributed by atoms with Gasteiger partial charge >= 0.3 is 30.3 Å². The molecule has 1 aromatic carbocycles. The van der Waals surface area contributed by atoms with E-state index in [0.717, 1.165) is 6.08 Å². The van der Waals surface area contributed by atoms with Gasteiger partial charge in [0.1, 0.15) is 5.52 Å². The van der Waals surface area contributed by atoms with Crippen LogP contribution in [0.2, 0.25) is 0 Å². The van der Waals surface area contributed by atoms with Gasteiger partial charge in [0.15, 0.2) is 5.82 Å². The minimum absolute atomic E-state index is 0.378. The Hall–Kier alpha value is -4.50. The molecule has 194 valence electrons. The fourth-order valence-corrected chi connectivity index (χ4v) is 2.35. The summed E-state index contributed by atoms with van der Waals surface area (Å²) in [5.74, 6) is -6.98. The van der Waals surface area contributed by atoms with E-state index in [9.17, 15) is 35.5 Å². The highest BCUT2D eigenvalue weighted by atomic mass is 19.4. The van der Waals surface area contributed by atoms with E-state index in [4.69, 9.17) is 24.9 Å². The molecule has 16 heteroatoms. The molecular formula is C20H14F7N3O6. The number of imidazole rings is 1. The third-order valence-corrected chi connectivity index (χ3v) is 3.85. The minimum Gasteiger partial charge on any atom is -0.478 e. The van der Waals surface area contributed by atoms with E-state index in [1.807, 2.05) is 0 Å². The average molecular weight is 525 g/mol. The number of aliphatic carboxylic acids is 3. The topological polar surface area (TPSA) is 143 Å². The number of aryl methyl sites for hydroxylation is 1. The third kappa shape index (κ3) is 8.37. The van der Waals surface area contributed by atoms with Gasteiger partial charge in [0.2, 0.25) is 0 Å². The number of carboxylic acids is 3. The molecule has 0 aliphatic heterocycles. The van der Waals surface area contributed by atoms with Crippen molar-refractivity contribution in [2.24, 2.45) is 7.05 Å². The summed E-state index contributed by atoms with van der Waals surface area (Å²) in [6.07, 6.45) is -3.17. The molecule has 36 heavy (non-hydrogen) atoms. The minimum atomic E-state index is -5.08. The Morgan fingerprint density at radius 3 is 1.92 bits per heavy atom. The molecular weight excluding hydrogens is 511 g/mol. The van der Waals surface area contributed by atoms with Gasteiger partial charge in [-0.2, -0.15) is 26.3 Å². The maximum Gasteiger partial charge on any atom is 0.490 e. The van der Waals surface area contributed by atoms with Crippen molar-refractivity contribution >= 4 is 35.0 Å². The highest BCUT2D eigenvalue weighted by Gasteiger charge is 2.38. The second-order valence-electron chi connectivity index (χ2n) is 6.39. The Morgan fingerprint density at radius 2 is 1.44 bits per heavy atom. The van der Waals surface area contributed by atoms with Gasteiger partial charge in [-0.25, -0.2) is 23.8 Å². The third-order valence-electron chi connectivity index (χ3n) is 3.85. The number of pyridine rings is 1. The summed E-state index contributed by atoms with van der Waals surface area (Å²) in [4.78, 5) is 36.5. The van der Waals surface area contributed by atoms with Gasteiger partial charge in [0.05, 0.1) is 11.8 Å². The van der Waals surface area contributed by atoms with Gasteiger partial charge in [0, 0.05) is 36.6 Å². The molecule has 0 saturated carbocycles. The molecule has 0 unspecified atom stereocenters. The van der Waals surface area contributed by atoms with Crippen molar-refractivity contribution in [2.75, 3.05) is 0 Å². The molecule has 0 atom stereocenters. The fourth-order valence-electron chi connectivity index (χ4n) is 2.35. The molecule has 0 saturated heterocycles. The summed E-state index contributed by atoms with van der Waals surface area (Å²) in [6, 6.07) is 5.03. The number of benzene rings is 1. The van der Waals surface area contributed by atoms with Gasteiger partial charge in [-0.05, 0) is 29.8 Å². The second kappa shape index (κ2) is 11.8. The first-order chi connectivity index (χ1) is 16.5. The summed E-state index contributed by atoms with van der Waals surface area (Å²) in [6.45, 7) is 0. The average Bonchev–Trinajstić information content (AvgIpc) is 3.14. The van der Waals surface area contributed by atoms with E-state index in [-0.39, 0.29) is 0 Å². The Kier molecular flexibility index (Phi) is 9.65. The zero-order valence-corrected chi connectivity index (χ0v) is 17.7. The molecule has 2 heterocycles. The standard InChI is InChI=1S/C16H12FN3O2.2C2HF3O2/c1-20-9-19-13-4-3-12(15(17)16(13)20)11-6-7-18-8-10(11)2-5-14(21)22;2*3-2(4,5)1(6)7/h2-9H,1H3,(H,21,22);2*(H,6,7)/b5-2+;;. The first-order valence-corrected chi connectivity index (χ1v) is 9.02. The maximum atomic E-state index is 14.8. The van der Waals surface area contributed by atoms with Crippen LogP contribution < -0.4 is 0 Å². The monoisotopic (exact) mass is 525 g/mol. The van der Waals surface area contributed by atoms with Crippen molar-refractivity contribution in [3.8, 4) is 11.1 Å². The van der Waals surface area contributed by atoms with Crippen LogP contribution in [0.15, 0.2) is 43.0 Å². The van der Waals surface area contributed by atoms with Crippen molar-refractivity contribution in [2.45, 2.75) is 12.4 Å². The summed E-state index contributed by atoms with van der Waals surface area (Å²) in [7, 11) is 1.72. The lowest BCUT2D eigenvalue weighted by Crippen LogP contribution is -2.21. The largest absolute Gasteiger partial charge is 0.490 e. The normalized spacial score (nSPS) is 11.3. The van der Waals surface area contributed by atoms with Crippen LogP contribution in [-0.2, 0) is 21.4 Å². The number of hydrogen-bond acceptors (Lipinski definition) is 5. The predicted molar refractivity (Wildman–Crippen MR) is 108 cm³/mol. The number of nitrogens with zero attached hydrogens (tertiary/aromatic N) is 3. The SMILES string of the molecule is Cn1cnc2ccc(-c3ccncc3/C=C/C(=O)O)c(F)c21.O=C(O)C(F)(F)F.O=C(O)C(F)(F)F. The van der Waals surface area contributed by atoms with Crippen molar-refractivity contribution in [3.05, 3.63) is 54.4 Å². The van der Waals surface area contributed by atoms with Crippen LogP contribution >= 0.6 is 0 Å². The summed E-state index contributed by atoms with van der Waals surface area (Å²) < 4.78 is 79.9. The highest BCUT2D eigenvalue weighted by Crippen LogP contribution is 2.30. The zero-order chi connectivity index (χ0) is 27.8. The summed E-state index contributed by atoms with van der Waals surface area (Å²) >= 11 is 0. The molecule has 0 aliphatic rings. The smallest absolute Gasteiger partial charge is 0.478 e. The van der Waals surface area contributed by atoms with Crippen LogP contribution in [-0.4, -0.2) is 60.1 Å². The van der Waals surface area contributed by atoms with Crippen LogP contribution in [0.1, 0.15) is 5.56 Å². The molecule has 0 fully saturated rings. The number of alkyl halides is 6. The lowest BCUT2D eigenvalue weighted by Gasteiger charge is -2.08. The van der Waals surface area contributed by atoms with E-state index in [2.05, 4.69) is 9.97 Å². The van der Waals surface area contributed by atoms with E-state index < -0.39 is 36.1 Å². The lowest BCUT2D eigenvalue weighted by molar-refractivity contribution is -0.193. The van der Waals surface area contributed by atoms with Crippen LogP contribution in [0, 0.1) is 5.82 Å². The van der Waals surface area contributed by atoms with Gasteiger partial charge in [0.25, 0.3) is 0 Å². The first-order valence-electron chi connectivity index (χ1n) is 9.02. The fraction of sp³-hybridized carbons (Fsp3) is 0.150. The molecule has 3 aromatic rings. The van der Waals surface area contributed by atoms with Crippen molar-refractivity contribution in [1.29, 1.82) is 0 Å². The molecule has 2 aromatic heterocycles. The second-order valence-corrected chi connectivity index (χ2v) is 6.39. The molecule has 0 spiro atoms. The van der Waals surface area contributed by atoms with Crippen LogP contribution in [0.25, 0.3) is 28.2 Å². The van der Waals surface area contributed by atoms with Gasteiger partial charge in [-0.3, -0.25) is 4.98 Å². The Bertz CT molecular complexity index is 1260. The van der Waals surface area contributed by atoms with E-state index in [1.54, 1.807) is 42.3 Å². The summed E-state index contributed by atoms with van der Waals surface area (Å²) in [5.41, 5.74) is 2.46. The Morgan fingerprint density at radius 1 is 0.917 bits per heavy atom. The van der Waals surface area contributed by atoms with Crippen LogP contribution in [0.5, 0.6) is 0 Å². The van der Waals surface area contributed by atoms with Crippen LogP contribution in [0.3, 0.4) is 0 Å². The molecule has 0 bridgehead atoms. The molecule has 0 aliphatic carbocycles. The number of carbonyl (C=O) groups is 3. The zero-order valence-electron chi connectivity index (χ0n) is 17.7. The van der Waals surface area contributed by atoms with Crippen molar-refractivity contribution in [3.63, 3.8) is 0 Å². The predicted octanol–water partition coefficient (Wildman–Crippen LogP) is 4.14. The van der Waals surface area contributed by atoms with Crippen molar-refractivity contribution in [1.82, 2.24) is 14.5 Å². The maximum absolute atomic E-state index is 14.8. The number of halogens is 7. The molecule has 3 rings (SSSR count). The highest BCUT2D eigenvalue weighted by molar-refractivity contribution is 5.89. The van der Waals surface area contributed by atoms with Gasteiger partial charge < -0.3 is 19.9 Å². The van der Waals surface area contributed by atoms with Crippen LogP contribution in [0.4, 0.5) is 30.7 Å². The molecule has 9 nitrogen and oxygen atoms in total. The van der Waals surface area contributed by atoms with Gasteiger partial charge in [-0.15, -0.1) is 0 Å². The van der Waals surface area contributed by atoms with E-state index >= 15 is 0 Å². The number of fused-ring (bicyclic) bond motifs is 1. The first kappa shape index (κ1) is 29.5. The quantitative estimate of drug-likeness (QED) is 0.342. The van der Waals surface area contributed by atoms with Gasteiger partial charge in [-0.1, -0.05) is 0 Å². The molecule has 0 amide bonds. The molecule has 0 radical (unpaired) electrons.